The van der Waals surface area contributed by atoms with Crippen molar-refractivity contribution in [1.82, 2.24) is 0 Å². The molecule has 0 spiro atoms. The first-order chi connectivity index (χ1) is 6.93. The minimum Gasteiger partial charge on any atom is -0.471 e. The van der Waals surface area contributed by atoms with E-state index in [4.69, 9.17) is 4.74 Å². The Morgan fingerprint density at radius 3 is 2.86 bits per heavy atom. The highest BCUT2D eigenvalue weighted by Crippen LogP contribution is 2.29. The number of aliphatic imine (C=N–C) groups is 1. The summed E-state index contributed by atoms with van der Waals surface area (Å²) in [5.41, 5.74) is 1.10. The molecule has 1 saturated heterocycles. The zero-order valence-electron chi connectivity index (χ0n) is 7.72. The Bertz CT molecular complexity index is 363. The lowest BCUT2D eigenvalue weighted by molar-refractivity contribution is 0.232. The molecule has 0 bridgehead atoms. The van der Waals surface area contributed by atoms with E-state index in [1.165, 1.54) is 0 Å². The van der Waals surface area contributed by atoms with Crippen molar-refractivity contribution in [2.24, 2.45) is 4.99 Å². The van der Waals surface area contributed by atoms with Gasteiger partial charge in [-0.1, -0.05) is 18.2 Å². The van der Waals surface area contributed by atoms with Gasteiger partial charge >= 0.3 is 0 Å². The Morgan fingerprint density at radius 2 is 2.07 bits per heavy atom. The molecule has 0 N–H and O–H groups in total. The van der Waals surface area contributed by atoms with Gasteiger partial charge in [-0.25, -0.2) is 4.99 Å². The van der Waals surface area contributed by atoms with Gasteiger partial charge in [-0.2, -0.15) is 11.8 Å². The van der Waals surface area contributed by atoms with Crippen molar-refractivity contribution in [3.05, 3.63) is 35.9 Å². The largest absolute Gasteiger partial charge is 0.471 e. The van der Waals surface area contributed by atoms with E-state index in [2.05, 4.69) is 4.99 Å². The van der Waals surface area contributed by atoms with Gasteiger partial charge in [0.2, 0.25) is 5.90 Å². The van der Waals surface area contributed by atoms with Crippen molar-refractivity contribution in [2.75, 3.05) is 11.5 Å². The molecule has 14 heavy (non-hydrogen) atoms. The molecule has 0 saturated carbocycles. The normalized spacial score (nSPS) is 29.6. The zero-order valence-corrected chi connectivity index (χ0v) is 8.54. The van der Waals surface area contributed by atoms with Crippen LogP contribution in [0, 0.1) is 0 Å². The van der Waals surface area contributed by atoms with E-state index in [0.29, 0.717) is 12.1 Å². The maximum atomic E-state index is 5.80. The molecule has 0 radical (unpaired) electrons. The van der Waals surface area contributed by atoms with E-state index in [0.717, 1.165) is 23.0 Å². The van der Waals surface area contributed by atoms with Crippen LogP contribution in [-0.2, 0) is 4.74 Å². The molecule has 2 nitrogen and oxygen atoms in total. The fourth-order valence-electron chi connectivity index (χ4n) is 1.80. The van der Waals surface area contributed by atoms with Crippen molar-refractivity contribution in [3.63, 3.8) is 0 Å². The van der Waals surface area contributed by atoms with Crippen LogP contribution in [0.3, 0.4) is 0 Å². The summed E-state index contributed by atoms with van der Waals surface area (Å²) in [5.74, 6) is 3.03. The number of hydrogen-bond acceptors (Lipinski definition) is 3. The van der Waals surface area contributed by atoms with Crippen LogP contribution < -0.4 is 0 Å². The second-order valence-corrected chi connectivity index (χ2v) is 4.64. The Labute approximate surface area is 87.4 Å². The van der Waals surface area contributed by atoms with Crippen LogP contribution in [0.4, 0.5) is 0 Å². The van der Waals surface area contributed by atoms with Crippen LogP contribution in [0.15, 0.2) is 35.3 Å². The molecule has 1 aromatic rings. The maximum absolute atomic E-state index is 5.80. The molecule has 2 atom stereocenters. The number of nitrogens with zero attached hydrogens (tertiary/aromatic N) is 1. The number of rotatable bonds is 1. The van der Waals surface area contributed by atoms with E-state index in [9.17, 15) is 0 Å². The molecule has 1 fully saturated rings. The van der Waals surface area contributed by atoms with Gasteiger partial charge in [-0.15, -0.1) is 0 Å². The van der Waals surface area contributed by atoms with Crippen LogP contribution in [0.5, 0.6) is 0 Å². The lowest BCUT2D eigenvalue weighted by Crippen LogP contribution is -2.19. The molecule has 1 aromatic carbocycles. The van der Waals surface area contributed by atoms with Crippen molar-refractivity contribution in [3.8, 4) is 0 Å². The molecule has 0 amide bonds. The van der Waals surface area contributed by atoms with Crippen LogP contribution in [0.1, 0.15) is 5.56 Å². The Kier molecular flexibility index (Phi) is 1.98. The molecule has 2 aliphatic rings. The van der Waals surface area contributed by atoms with Gasteiger partial charge in [0, 0.05) is 17.1 Å². The SMILES string of the molecule is c1ccc(C2=N[C@H]3CSC[C@H]3O2)cc1. The molecular weight excluding hydrogens is 194 g/mol. The second-order valence-electron chi connectivity index (χ2n) is 3.56. The quantitative estimate of drug-likeness (QED) is 0.699. The van der Waals surface area contributed by atoms with E-state index < -0.39 is 0 Å². The van der Waals surface area contributed by atoms with Crippen LogP contribution >= 0.6 is 11.8 Å². The fourth-order valence-corrected chi connectivity index (χ4v) is 2.99. The Balaban J connectivity index is 1.88. The highest BCUT2D eigenvalue weighted by atomic mass is 32.2. The van der Waals surface area contributed by atoms with Gasteiger partial charge < -0.3 is 4.74 Å². The molecule has 2 aliphatic heterocycles. The zero-order chi connectivity index (χ0) is 9.38. The molecule has 3 heteroatoms. The summed E-state index contributed by atoms with van der Waals surface area (Å²) in [6, 6.07) is 10.5. The minimum atomic E-state index is 0.329. The summed E-state index contributed by atoms with van der Waals surface area (Å²) in [4.78, 5) is 4.59. The number of ether oxygens (including phenoxy) is 1. The Morgan fingerprint density at radius 1 is 1.21 bits per heavy atom. The lowest BCUT2D eigenvalue weighted by Gasteiger charge is -2.07. The maximum Gasteiger partial charge on any atom is 0.216 e. The average Bonchev–Trinajstić information content (AvgIpc) is 2.78. The fraction of sp³-hybridized carbons (Fsp3) is 0.364. The highest BCUT2D eigenvalue weighted by Gasteiger charge is 2.35. The molecule has 3 rings (SSSR count). The van der Waals surface area contributed by atoms with Gasteiger partial charge in [0.15, 0.2) is 0 Å². The Hall–Kier alpha value is -0.960. The molecule has 0 aliphatic carbocycles. The lowest BCUT2D eigenvalue weighted by atomic mass is 10.2. The average molecular weight is 205 g/mol. The summed E-state index contributed by atoms with van der Waals surface area (Å²) in [7, 11) is 0. The monoisotopic (exact) mass is 205 g/mol. The molecular formula is C11H11NOS. The third-order valence-corrected chi connectivity index (χ3v) is 3.71. The van der Waals surface area contributed by atoms with Gasteiger partial charge in [0.25, 0.3) is 0 Å². The summed E-state index contributed by atoms with van der Waals surface area (Å²) < 4.78 is 5.80. The van der Waals surface area contributed by atoms with Gasteiger partial charge in [0.05, 0.1) is 0 Å². The third kappa shape index (κ3) is 1.32. The predicted molar refractivity (Wildman–Crippen MR) is 59.0 cm³/mol. The van der Waals surface area contributed by atoms with E-state index in [1.54, 1.807) is 0 Å². The second kappa shape index (κ2) is 3.31. The summed E-state index contributed by atoms with van der Waals surface area (Å²) in [5, 5.41) is 0. The molecule has 72 valence electrons. The smallest absolute Gasteiger partial charge is 0.216 e. The van der Waals surface area contributed by atoms with E-state index >= 15 is 0 Å². The number of benzene rings is 1. The number of fused-ring (bicyclic) bond motifs is 1. The van der Waals surface area contributed by atoms with Gasteiger partial charge in [-0.3, -0.25) is 0 Å². The van der Waals surface area contributed by atoms with Crippen LogP contribution in [0.25, 0.3) is 0 Å². The van der Waals surface area contributed by atoms with Crippen LogP contribution in [-0.4, -0.2) is 29.5 Å². The molecule has 0 aromatic heterocycles. The van der Waals surface area contributed by atoms with Crippen molar-refractivity contribution in [1.29, 1.82) is 0 Å². The first-order valence-electron chi connectivity index (χ1n) is 4.81. The predicted octanol–water partition coefficient (Wildman–Crippen LogP) is 1.95. The van der Waals surface area contributed by atoms with Gasteiger partial charge in [0.1, 0.15) is 12.1 Å². The summed E-state index contributed by atoms with van der Waals surface area (Å²) >= 11 is 1.93. The summed E-state index contributed by atoms with van der Waals surface area (Å²) in [6.07, 6.45) is 0.329. The summed E-state index contributed by atoms with van der Waals surface area (Å²) in [6.45, 7) is 0. The van der Waals surface area contributed by atoms with Crippen molar-refractivity contribution < 1.29 is 4.74 Å². The number of hydrogen-bond donors (Lipinski definition) is 0. The van der Waals surface area contributed by atoms with Crippen molar-refractivity contribution >= 4 is 17.7 Å². The third-order valence-electron chi connectivity index (χ3n) is 2.57. The topological polar surface area (TPSA) is 21.6 Å². The van der Waals surface area contributed by atoms with Crippen LogP contribution in [0.2, 0.25) is 0 Å². The number of thioether (sulfide) groups is 1. The first kappa shape index (κ1) is 8.36. The molecule has 2 heterocycles. The highest BCUT2D eigenvalue weighted by molar-refractivity contribution is 7.99. The standard InChI is InChI=1S/C11H11NOS/c1-2-4-8(5-3-1)11-12-9-6-14-7-10(9)13-11/h1-5,9-10H,6-7H2/t9-,10+/m0/s1. The van der Waals surface area contributed by atoms with Gasteiger partial charge in [-0.05, 0) is 12.1 Å². The first-order valence-corrected chi connectivity index (χ1v) is 5.96. The van der Waals surface area contributed by atoms with Crippen molar-refractivity contribution in [2.45, 2.75) is 12.1 Å². The van der Waals surface area contributed by atoms with E-state index in [-0.39, 0.29) is 0 Å². The minimum absolute atomic E-state index is 0.329. The van der Waals surface area contributed by atoms with E-state index in [1.807, 2.05) is 42.1 Å². The molecule has 0 unspecified atom stereocenters.